The van der Waals surface area contributed by atoms with Crippen molar-refractivity contribution >= 4 is 22.7 Å². The fourth-order valence-corrected chi connectivity index (χ4v) is 2.09. The van der Waals surface area contributed by atoms with Crippen molar-refractivity contribution in [3.63, 3.8) is 0 Å². The van der Waals surface area contributed by atoms with Gasteiger partial charge in [-0.1, -0.05) is 35.5 Å². The second-order valence-corrected chi connectivity index (χ2v) is 4.89. The molecular weight excluding hydrogens is 278 g/mol. The zero-order valence-electron chi connectivity index (χ0n) is 12.1. The normalized spacial score (nSPS) is 11.6. The summed E-state index contributed by atoms with van der Waals surface area (Å²) in [6.07, 6.45) is 0. The van der Waals surface area contributed by atoms with Gasteiger partial charge in [-0.05, 0) is 31.2 Å². The van der Waals surface area contributed by atoms with Gasteiger partial charge < -0.3 is 0 Å². The Morgan fingerprint density at radius 1 is 1.14 bits per heavy atom. The van der Waals surface area contributed by atoms with Gasteiger partial charge in [0, 0.05) is 5.56 Å². The van der Waals surface area contributed by atoms with Crippen LogP contribution in [-0.2, 0) is 6.54 Å². The van der Waals surface area contributed by atoms with E-state index in [9.17, 15) is 4.79 Å². The van der Waals surface area contributed by atoms with Crippen molar-refractivity contribution < 1.29 is 4.79 Å². The Morgan fingerprint density at radius 2 is 1.86 bits per heavy atom. The van der Waals surface area contributed by atoms with Crippen LogP contribution >= 0.6 is 0 Å². The number of fused-ring (bicyclic) bond motifs is 1. The van der Waals surface area contributed by atoms with Gasteiger partial charge >= 0.3 is 0 Å². The molecule has 3 rings (SSSR count). The summed E-state index contributed by atoms with van der Waals surface area (Å²) in [6, 6.07) is 16.7. The van der Waals surface area contributed by atoms with E-state index in [0.717, 1.165) is 16.7 Å². The zero-order valence-corrected chi connectivity index (χ0v) is 12.1. The number of aromatic nitrogens is 3. The quantitative estimate of drug-likeness (QED) is 0.592. The van der Waals surface area contributed by atoms with Gasteiger partial charge in [0.15, 0.2) is 0 Å². The molecule has 0 spiro atoms. The van der Waals surface area contributed by atoms with Crippen LogP contribution in [0.2, 0.25) is 0 Å². The first kappa shape index (κ1) is 13.9. The summed E-state index contributed by atoms with van der Waals surface area (Å²) < 4.78 is 1.75. The van der Waals surface area contributed by atoms with E-state index in [-0.39, 0.29) is 5.91 Å². The maximum atomic E-state index is 11.9. The predicted octanol–water partition coefficient (Wildman–Crippen LogP) is 2.24. The number of benzene rings is 2. The molecule has 0 aliphatic rings. The highest BCUT2D eigenvalue weighted by Crippen LogP contribution is 2.09. The average molecular weight is 293 g/mol. The van der Waals surface area contributed by atoms with Gasteiger partial charge in [-0.2, -0.15) is 5.10 Å². The molecule has 0 fully saturated rings. The molecule has 1 amide bonds. The van der Waals surface area contributed by atoms with Crippen LogP contribution in [0.1, 0.15) is 17.3 Å². The second-order valence-electron chi connectivity index (χ2n) is 4.89. The maximum Gasteiger partial charge on any atom is 0.271 e. The number of nitrogens with one attached hydrogen (secondary N) is 1. The molecule has 1 heterocycles. The Kier molecular flexibility index (Phi) is 3.91. The molecule has 22 heavy (non-hydrogen) atoms. The molecule has 1 N–H and O–H groups in total. The van der Waals surface area contributed by atoms with Crippen LogP contribution in [0.25, 0.3) is 11.0 Å². The third-order valence-corrected chi connectivity index (χ3v) is 3.18. The Labute approximate surface area is 127 Å². The van der Waals surface area contributed by atoms with Crippen LogP contribution in [0.4, 0.5) is 0 Å². The molecule has 0 saturated heterocycles. The lowest BCUT2D eigenvalue weighted by molar-refractivity contribution is 0.0954. The standard InChI is InChI=1S/C16H15N5O/c1-12(17-19-16(22)13-7-3-2-4-8-13)11-21-15-10-6-5-9-14(15)18-20-21/h2-10H,11H2,1H3,(H,19,22)/b17-12-. The number of rotatable bonds is 4. The molecule has 0 atom stereocenters. The van der Waals surface area contributed by atoms with E-state index in [4.69, 9.17) is 0 Å². The lowest BCUT2D eigenvalue weighted by Gasteiger charge is -2.03. The highest BCUT2D eigenvalue weighted by molar-refractivity contribution is 5.95. The minimum Gasteiger partial charge on any atom is -0.267 e. The summed E-state index contributed by atoms with van der Waals surface area (Å²) in [5.41, 5.74) is 5.63. The second kappa shape index (κ2) is 6.17. The van der Waals surface area contributed by atoms with E-state index in [0.29, 0.717) is 12.1 Å². The van der Waals surface area contributed by atoms with E-state index in [2.05, 4.69) is 20.8 Å². The van der Waals surface area contributed by atoms with Crippen molar-refractivity contribution in [1.29, 1.82) is 0 Å². The van der Waals surface area contributed by atoms with Crippen molar-refractivity contribution in [2.75, 3.05) is 0 Å². The number of nitrogens with zero attached hydrogens (tertiary/aromatic N) is 4. The number of hydrogen-bond acceptors (Lipinski definition) is 4. The maximum absolute atomic E-state index is 11.9. The summed E-state index contributed by atoms with van der Waals surface area (Å²) in [5, 5.41) is 12.3. The van der Waals surface area contributed by atoms with Gasteiger partial charge in [-0.25, -0.2) is 10.1 Å². The van der Waals surface area contributed by atoms with Crippen LogP contribution < -0.4 is 5.43 Å². The minimum absolute atomic E-state index is 0.233. The molecule has 6 heteroatoms. The Morgan fingerprint density at radius 3 is 2.68 bits per heavy atom. The van der Waals surface area contributed by atoms with Crippen molar-refractivity contribution in [3.8, 4) is 0 Å². The molecule has 0 unspecified atom stereocenters. The Bertz CT molecular complexity index is 823. The van der Waals surface area contributed by atoms with E-state index >= 15 is 0 Å². The van der Waals surface area contributed by atoms with Gasteiger partial charge in [-0.15, -0.1) is 5.10 Å². The molecule has 0 aliphatic carbocycles. The van der Waals surface area contributed by atoms with E-state index in [1.54, 1.807) is 16.8 Å². The van der Waals surface area contributed by atoms with Crippen molar-refractivity contribution in [2.24, 2.45) is 5.10 Å². The summed E-state index contributed by atoms with van der Waals surface area (Å²) in [7, 11) is 0. The summed E-state index contributed by atoms with van der Waals surface area (Å²) >= 11 is 0. The number of carbonyl (C=O) groups excluding carboxylic acids is 1. The number of hydrogen-bond donors (Lipinski definition) is 1. The first-order valence-electron chi connectivity index (χ1n) is 6.91. The van der Waals surface area contributed by atoms with Gasteiger partial charge in [0.05, 0.1) is 17.8 Å². The molecule has 3 aromatic rings. The molecule has 0 bridgehead atoms. The third kappa shape index (κ3) is 3.01. The smallest absolute Gasteiger partial charge is 0.267 e. The summed E-state index contributed by atoms with van der Waals surface area (Å²) in [6.45, 7) is 2.30. The molecule has 0 radical (unpaired) electrons. The fourth-order valence-electron chi connectivity index (χ4n) is 2.09. The summed E-state index contributed by atoms with van der Waals surface area (Å²) in [4.78, 5) is 11.9. The van der Waals surface area contributed by atoms with Crippen LogP contribution in [0.15, 0.2) is 59.7 Å². The van der Waals surface area contributed by atoms with Crippen molar-refractivity contribution in [3.05, 3.63) is 60.2 Å². The topological polar surface area (TPSA) is 72.2 Å². The number of carbonyl (C=O) groups is 1. The average Bonchev–Trinajstić information content (AvgIpc) is 2.97. The number of hydrazone groups is 1. The lowest BCUT2D eigenvalue weighted by atomic mass is 10.2. The van der Waals surface area contributed by atoms with Crippen LogP contribution in [0, 0.1) is 0 Å². The first-order valence-corrected chi connectivity index (χ1v) is 6.91. The van der Waals surface area contributed by atoms with Crippen molar-refractivity contribution in [1.82, 2.24) is 20.4 Å². The molecule has 2 aromatic carbocycles. The molecule has 1 aromatic heterocycles. The monoisotopic (exact) mass is 293 g/mol. The van der Waals surface area contributed by atoms with E-state index < -0.39 is 0 Å². The number of amides is 1. The van der Waals surface area contributed by atoms with E-state index in [1.807, 2.05) is 49.4 Å². The van der Waals surface area contributed by atoms with Crippen LogP contribution in [0.3, 0.4) is 0 Å². The SMILES string of the molecule is C/C(Cn1nnc2ccccc21)=N/NC(=O)c1ccccc1. The highest BCUT2D eigenvalue weighted by atomic mass is 16.2. The highest BCUT2D eigenvalue weighted by Gasteiger charge is 2.06. The molecule has 0 aliphatic heterocycles. The molecular formula is C16H15N5O. The molecule has 110 valence electrons. The molecule has 6 nitrogen and oxygen atoms in total. The van der Waals surface area contributed by atoms with E-state index in [1.165, 1.54) is 0 Å². The summed E-state index contributed by atoms with van der Waals surface area (Å²) in [5.74, 6) is -0.233. The zero-order chi connectivity index (χ0) is 15.4. The van der Waals surface area contributed by atoms with Gasteiger partial charge in [0.2, 0.25) is 0 Å². The van der Waals surface area contributed by atoms with Gasteiger partial charge in [0.25, 0.3) is 5.91 Å². The van der Waals surface area contributed by atoms with Crippen LogP contribution in [0.5, 0.6) is 0 Å². The number of para-hydroxylation sites is 1. The van der Waals surface area contributed by atoms with Gasteiger partial charge in [0.1, 0.15) is 5.52 Å². The van der Waals surface area contributed by atoms with Crippen molar-refractivity contribution in [2.45, 2.75) is 13.5 Å². The Hall–Kier alpha value is -3.02. The predicted molar refractivity (Wildman–Crippen MR) is 84.5 cm³/mol. The lowest BCUT2D eigenvalue weighted by Crippen LogP contribution is -2.20. The minimum atomic E-state index is -0.233. The largest absolute Gasteiger partial charge is 0.271 e. The third-order valence-electron chi connectivity index (χ3n) is 3.18. The molecule has 0 saturated carbocycles. The van der Waals surface area contributed by atoms with Crippen LogP contribution in [-0.4, -0.2) is 26.6 Å². The Balaban J connectivity index is 1.69. The fraction of sp³-hybridized carbons (Fsp3) is 0.125. The first-order chi connectivity index (χ1) is 10.7. The van der Waals surface area contributed by atoms with Gasteiger partial charge in [-0.3, -0.25) is 4.79 Å².